The second kappa shape index (κ2) is 12.1. The van der Waals surface area contributed by atoms with Crippen molar-refractivity contribution in [2.24, 2.45) is 0 Å². The monoisotopic (exact) mass is 424 g/mol. The largest absolute Gasteiger partial charge is 0.483 e. The number of benzene rings is 2. The van der Waals surface area contributed by atoms with Crippen LogP contribution in [0.2, 0.25) is 0 Å². The van der Waals surface area contributed by atoms with E-state index in [4.69, 9.17) is 4.74 Å². The molecule has 0 saturated heterocycles. The third-order valence-corrected chi connectivity index (χ3v) is 5.54. The van der Waals surface area contributed by atoms with Crippen LogP contribution in [0.15, 0.2) is 54.6 Å². The highest BCUT2D eigenvalue weighted by Gasteiger charge is 2.27. The molecule has 0 bridgehead atoms. The minimum absolute atomic E-state index is 0.0650. The SMILES string of the molecule is CC[C@@H](C)NC(=O)[C@@H](C)N(CCc1ccccc1)C(=O)COc1ccccc1C(C)C. The van der Waals surface area contributed by atoms with Crippen molar-refractivity contribution in [1.29, 1.82) is 0 Å². The quantitative estimate of drug-likeness (QED) is 0.575. The summed E-state index contributed by atoms with van der Waals surface area (Å²) >= 11 is 0. The molecule has 2 rings (SSSR count). The Balaban J connectivity index is 2.12. The number of rotatable bonds is 11. The van der Waals surface area contributed by atoms with E-state index in [1.807, 2.05) is 68.4 Å². The third-order valence-electron chi connectivity index (χ3n) is 5.54. The van der Waals surface area contributed by atoms with E-state index in [0.29, 0.717) is 24.6 Å². The first-order valence-electron chi connectivity index (χ1n) is 11.2. The van der Waals surface area contributed by atoms with Crippen molar-refractivity contribution >= 4 is 11.8 Å². The van der Waals surface area contributed by atoms with Gasteiger partial charge in [0.05, 0.1) is 0 Å². The minimum Gasteiger partial charge on any atom is -0.483 e. The van der Waals surface area contributed by atoms with Gasteiger partial charge in [0.25, 0.3) is 5.91 Å². The van der Waals surface area contributed by atoms with Gasteiger partial charge < -0.3 is 15.0 Å². The van der Waals surface area contributed by atoms with Crippen LogP contribution in [0.3, 0.4) is 0 Å². The minimum atomic E-state index is -0.575. The number of nitrogens with one attached hydrogen (secondary N) is 1. The molecule has 31 heavy (non-hydrogen) atoms. The average Bonchev–Trinajstić information content (AvgIpc) is 2.78. The van der Waals surface area contributed by atoms with E-state index in [0.717, 1.165) is 17.5 Å². The van der Waals surface area contributed by atoms with E-state index < -0.39 is 6.04 Å². The summed E-state index contributed by atoms with van der Waals surface area (Å²) in [4.78, 5) is 27.5. The Morgan fingerprint density at radius 2 is 1.61 bits per heavy atom. The fraction of sp³-hybridized carbons (Fsp3) is 0.462. The molecule has 2 amide bonds. The first-order chi connectivity index (χ1) is 14.8. The maximum Gasteiger partial charge on any atom is 0.261 e. The molecular formula is C26H36N2O3. The first-order valence-corrected chi connectivity index (χ1v) is 11.2. The van der Waals surface area contributed by atoms with Gasteiger partial charge in [-0.05, 0) is 49.8 Å². The zero-order chi connectivity index (χ0) is 22.8. The highest BCUT2D eigenvalue weighted by molar-refractivity contribution is 5.88. The maximum atomic E-state index is 13.1. The molecule has 0 aliphatic heterocycles. The normalized spacial score (nSPS) is 12.8. The number of carbonyl (C=O) groups excluding carboxylic acids is 2. The van der Waals surface area contributed by atoms with E-state index >= 15 is 0 Å². The molecule has 0 saturated carbocycles. The molecule has 1 N–H and O–H groups in total. The van der Waals surface area contributed by atoms with Crippen molar-refractivity contribution in [1.82, 2.24) is 10.2 Å². The molecule has 0 unspecified atom stereocenters. The van der Waals surface area contributed by atoms with Crippen molar-refractivity contribution in [3.05, 3.63) is 65.7 Å². The summed E-state index contributed by atoms with van der Waals surface area (Å²) < 4.78 is 5.90. The zero-order valence-corrected chi connectivity index (χ0v) is 19.4. The van der Waals surface area contributed by atoms with Crippen LogP contribution in [-0.4, -0.2) is 41.9 Å². The molecule has 2 aromatic rings. The molecule has 0 aliphatic carbocycles. The Morgan fingerprint density at radius 3 is 2.26 bits per heavy atom. The molecule has 5 heteroatoms. The number of para-hydroxylation sites is 1. The molecule has 0 heterocycles. The van der Waals surface area contributed by atoms with Gasteiger partial charge in [-0.25, -0.2) is 0 Å². The second-order valence-electron chi connectivity index (χ2n) is 8.30. The predicted octanol–water partition coefficient (Wildman–Crippen LogP) is 4.56. The van der Waals surface area contributed by atoms with Crippen LogP contribution in [0.25, 0.3) is 0 Å². The molecule has 2 aromatic carbocycles. The van der Waals surface area contributed by atoms with Gasteiger partial charge in [0.15, 0.2) is 6.61 Å². The second-order valence-corrected chi connectivity index (χ2v) is 8.30. The molecule has 2 atom stereocenters. The van der Waals surface area contributed by atoms with Crippen LogP contribution in [0.4, 0.5) is 0 Å². The van der Waals surface area contributed by atoms with E-state index in [1.165, 1.54) is 0 Å². The van der Waals surface area contributed by atoms with E-state index in [-0.39, 0.29) is 24.5 Å². The van der Waals surface area contributed by atoms with Crippen LogP contribution < -0.4 is 10.1 Å². The fourth-order valence-electron chi connectivity index (χ4n) is 3.35. The van der Waals surface area contributed by atoms with E-state index in [9.17, 15) is 9.59 Å². The summed E-state index contributed by atoms with van der Waals surface area (Å²) in [6.07, 6.45) is 1.52. The van der Waals surface area contributed by atoms with Gasteiger partial charge in [0, 0.05) is 12.6 Å². The summed E-state index contributed by atoms with van der Waals surface area (Å²) in [5.41, 5.74) is 2.19. The molecule has 5 nitrogen and oxygen atoms in total. The number of hydrogen-bond donors (Lipinski definition) is 1. The molecule has 0 spiro atoms. The smallest absolute Gasteiger partial charge is 0.261 e. The number of ether oxygens (including phenoxy) is 1. The van der Waals surface area contributed by atoms with Gasteiger partial charge in [0.2, 0.25) is 5.91 Å². The Bertz CT molecular complexity index is 836. The van der Waals surface area contributed by atoms with Gasteiger partial charge in [-0.3, -0.25) is 9.59 Å². The summed E-state index contributed by atoms with van der Waals surface area (Å²) in [5.74, 6) is 0.672. The molecular weight excluding hydrogens is 388 g/mol. The Labute approximate surface area is 186 Å². The average molecular weight is 425 g/mol. The van der Waals surface area contributed by atoms with Gasteiger partial charge in [-0.2, -0.15) is 0 Å². The van der Waals surface area contributed by atoms with Crippen molar-refractivity contribution in [2.45, 2.75) is 65.5 Å². The van der Waals surface area contributed by atoms with E-state index in [1.54, 1.807) is 11.8 Å². The van der Waals surface area contributed by atoms with Crippen LogP contribution in [0, 0.1) is 0 Å². The van der Waals surface area contributed by atoms with Gasteiger partial charge in [-0.1, -0.05) is 69.3 Å². The Morgan fingerprint density at radius 1 is 0.968 bits per heavy atom. The molecule has 0 aromatic heterocycles. The Kier molecular flexibility index (Phi) is 9.57. The zero-order valence-electron chi connectivity index (χ0n) is 19.4. The number of hydrogen-bond acceptors (Lipinski definition) is 3. The molecule has 168 valence electrons. The van der Waals surface area contributed by atoms with Crippen LogP contribution >= 0.6 is 0 Å². The predicted molar refractivity (Wildman–Crippen MR) is 125 cm³/mol. The number of nitrogens with zero attached hydrogens (tertiary/aromatic N) is 1. The summed E-state index contributed by atoms with van der Waals surface area (Å²) in [5, 5.41) is 2.99. The Hall–Kier alpha value is -2.82. The van der Waals surface area contributed by atoms with Crippen molar-refractivity contribution in [2.75, 3.05) is 13.2 Å². The molecule has 0 aliphatic rings. The fourth-order valence-corrected chi connectivity index (χ4v) is 3.35. The van der Waals surface area contributed by atoms with Gasteiger partial charge in [0.1, 0.15) is 11.8 Å². The van der Waals surface area contributed by atoms with Gasteiger partial charge in [-0.15, -0.1) is 0 Å². The summed E-state index contributed by atoms with van der Waals surface area (Å²) in [7, 11) is 0. The van der Waals surface area contributed by atoms with Crippen molar-refractivity contribution in [3.8, 4) is 5.75 Å². The van der Waals surface area contributed by atoms with Crippen molar-refractivity contribution in [3.63, 3.8) is 0 Å². The molecule has 0 fully saturated rings. The lowest BCUT2D eigenvalue weighted by Crippen LogP contribution is -2.51. The number of carbonyl (C=O) groups is 2. The lowest BCUT2D eigenvalue weighted by atomic mass is 10.0. The van der Waals surface area contributed by atoms with Gasteiger partial charge >= 0.3 is 0 Å². The lowest BCUT2D eigenvalue weighted by molar-refractivity contribution is -0.141. The highest BCUT2D eigenvalue weighted by atomic mass is 16.5. The third kappa shape index (κ3) is 7.42. The van der Waals surface area contributed by atoms with Crippen LogP contribution in [0.1, 0.15) is 58.1 Å². The van der Waals surface area contributed by atoms with E-state index in [2.05, 4.69) is 19.2 Å². The topological polar surface area (TPSA) is 58.6 Å². The molecule has 0 radical (unpaired) electrons. The van der Waals surface area contributed by atoms with Crippen molar-refractivity contribution < 1.29 is 14.3 Å². The van der Waals surface area contributed by atoms with Crippen LogP contribution in [-0.2, 0) is 16.0 Å². The lowest BCUT2D eigenvalue weighted by Gasteiger charge is -2.29. The standard InChI is InChI=1S/C26H36N2O3/c1-6-20(4)27-26(30)21(5)28(17-16-22-12-8-7-9-13-22)25(29)18-31-24-15-11-10-14-23(24)19(2)3/h7-15,19-21H,6,16-18H2,1-5H3,(H,27,30)/t20-,21-/m1/s1. The maximum absolute atomic E-state index is 13.1. The highest BCUT2D eigenvalue weighted by Crippen LogP contribution is 2.25. The summed E-state index contributed by atoms with van der Waals surface area (Å²) in [6, 6.07) is 17.2. The van der Waals surface area contributed by atoms with Crippen LogP contribution in [0.5, 0.6) is 5.75 Å². The summed E-state index contributed by atoms with van der Waals surface area (Å²) in [6.45, 7) is 10.3. The number of amides is 2. The first kappa shape index (κ1) is 24.4.